The van der Waals surface area contributed by atoms with E-state index in [1.807, 2.05) is 0 Å². The molecule has 0 saturated heterocycles. The van der Waals surface area contributed by atoms with E-state index >= 15 is 0 Å². The summed E-state index contributed by atoms with van der Waals surface area (Å²) in [5.74, 6) is 0.0340. The van der Waals surface area contributed by atoms with Crippen molar-refractivity contribution in [3.8, 4) is 11.5 Å². The molecule has 0 saturated carbocycles. The molecule has 0 spiro atoms. The van der Waals surface area contributed by atoms with Crippen LogP contribution in [0.2, 0.25) is 5.02 Å². The van der Waals surface area contributed by atoms with E-state index < -0.39 is 5.82 Å². The van der Waals surface area contributed by atoms with Gasteiger partial charge in [-0.25, -0.2) is 4.39 Å². The van der Waals surface area contributed by atoms with Gasteiger partial charge in [-0.2, -0.15) is 0 Å². The molecular weight excluding hydrogens is 331 g/mol. The average Bonchev–Trinajstić information content (AvgIpc) is 2.58. The largest absolute Gasteiger partial charge is 0.456 e. The summed E-state index contributed by atoms with van der Waals surface area (Å²) in [7, 11) is 0. The molecule has 0 aliphatic heterocycles. The third-order valence-corrected chi connectivity index (χ3v) is 3.45. The monoisotopic (exact) mass is 342 g/mol. The minimum Gasteiger partial charge on any atom is -0.456 e. The molecule has 2 aromatic carbocycles. The molecule has 0 fully saturated rings. The maximum Gasteiger partial charge on any atom is 0.255 e. The van der Waals surface area contributed by atoms with Gasteiger partial charge in [-0.1, -0.05) is 17.7 Å². The Morgan fingerprint density at radius 3 is 2.58 bits per heavy atom. The van der Waals surface area contributed by atoms with E-state index in [9.17, 15) is 9.18 Å². The van der Waals surface area contributed by atoms with Crippen LogP contribution in [0, 0.1) is 5.82 Å². The number of anilines is 1. The Kier molecular flexibility index (Phi) is 4.72. The van der Waals surface area contributed by atoms with Gasteiger partial charge < -0.3 is 10.1 Å². The molecule has 1 amide bonds. The van der Waals surface area contributed by atoms with Crippen LogP contribution in [0.4, 0.5) is 10.1 Å². The number of nitrogens with one attached hydrogen (secondary N) is 1. The van der Waals surface area contributed by atoms with Crippen molar-refractivity contribution in [2.24, 2.45) is 0 Å². The molecule has 0 radical (unpaired) electrons. The van der Waals surface area contributed by atoms with Crippen molar-refractivity contribution in [1.29, 1.82) is 0 Å². The molecule has 0 aliphatic rings. The van der Waals surface area contributed by atoms with Crippen molar-refractivity contribution in [2.75, 3.05) is 5.32 Å². The standard InChI is InChI=1S/C18H12ClFN2O2/c19-16-11-14(22-18(23)12-6-8-21-9-7-12)4-5-17(16)24-15-3-1-2-13(20)10-15/h1-11H,(H,22,23). The smallest absolute Gasteiger partial charge is 0.255 e. The van der Waals surface area contributed by atoms with Crippen LogP contribution < -0.4 is 10.1 Å². The normalized spacial score (nSPS) is 10.2. The maximum absolute atomic E-state index is 13.2. The summed E-state index contributed by atoms with van der Waals surface area (Å²) >= 11 is 6.17. The zero-order chi connectivity index (χ0) is 16.9. The molecule has 6 heteroatoms. The van der Waals surface area contributed by atoms with E-state index in [0.717, 1.165) is 0 Å². The fourth-order valence-electron chi connectivity index (χ4n) is 2.03. The van der Waals surface area contributed by atoms with Crippen LogP contribution in [0.3, 0.4) is 0 Å². The number of carbonyl (C=O) groups excluding carboxylic acids is 1. The van der Waals surface area contributed by atoms with Gasteiger partial charge in [-0.05, 0) is 42.5 Å². The first-order valence-electron chi connectivity index (χ1n) is 7.06. The van der Waals surface area contributed by atoms with Gasteiger partial charge in [-0.3, -0.25) is 9.78 Å². The predicted octanol–water partition coefficient (Wildman–Crippen LogP) is 4.92. The van der Waals surface area contributed by atoms with E-state index in [1.165, 1.54) is 24.5 Å². The number of rotatable bonds is 4. The van der Waals surface area contributed by atoms with Crippen molar-refractivity contribution in [1.82, 2.24) is 4.98 Å². The van der Waals surface area contributed by atoms with Crippen molar-refractivity contribution < 1.29 is 13.9 Å². The van der Waals surface area contributed by atoms with Crippen molar-refractivity contribution in [3.05, 3.63) is 83.4 Å². The summed E-state index contributed by atoms with van der Waals surface area (Å²) in [6.07, 6.45) is 3.08. The van der Waals surface area contributed by atoms with Gasteiger partial charge in [0, 0.05) is 29.7 Å². The summed E-state index contributed by atoms with van der Waals surface area (Å²) < 4.78 is 18.7. The number of amides is 1. The minimum atomic E-state index is -0.398. The molecule has 4 nitrogen and oxygen atoms in total. The van der Waals surface area contributed by atoms with Gasteiger partial charge in [0.2, 0.25) is 0 Å². The second kappa shape index (κ2) is 7.10. The van der Waals surface area contributed by atoms with Gasteiger partial charge in [0.15, 0.2) is 0 Å². The van der Waals surface area contributed by atoms with Crippen molar-refractivity contribution in [2.45, 2.75) is 0 Å². The number of nitrogens with zero attached hydrogens (tertiary/aromatic N) is 1. The van der Waals surface area contributed by atoms with Gasteiger partial charge in [0.05, 0.1) is 5.02 Å². The van der Waals surface area contributed by atoms with Crippen LogP contribution in [0.5, 0.6) is 11.5 Å². The molecule has 3 rings (SSSR count). The summed E-state index contributed by atoms with van der Waals surface area (Å²) in [6.45, 7) is 0. The Hall–Kier alpha value is -2.92. The van der Waals surface area contributed by atoms with Crippen LogP contribution >= 0.6 is 11.6 Å². The highest BCUT2D eigenvalue weighted by molar-refractivity contribution is 6.32. The summed E-state index contributed by atoms with van der Waals surface area (Å²) in [4.78, 5) is 15.9. The number of benzene rings is 2. The highest BCUT2D eigenvalue weighted by atomic mass is 35.5. The summed E-state index contributed by atoms with van der Waals surface area (Å²) in [5.41, 5.74) is 1.01. The topological polar surface area (TPSA) is 51.2 Å². The Morgan fingerprint density at radius 2 is 1.88 bits per heavy atom. The van der Waals surface area contributed by atoms with E-state index in [1.54, 1.807) is 42.5 Å². The molecule has 0 aliphatic carbocycles. The Balaban J connectivity index is 1.74. The number of hydrogen-bond acceptors (Lipinski definition) is 3. The third kappa shape index (κ3) is 3.88. The van der Waals surface area contributed by atoms with Crippen LogP contribution in [-0.4, -0.2) is 10.9 Å². The first-order chi connectivity index (χ1) is 11.6. The Bertz CT molecular complexity index is 872. The van der Waals surface area contributed by atoms with Gasteiger partial charge in [0.25, 0.3) is 5.91 Å². The highest BCUT2D eigenvalue weighted by Gasteiger charge is 2.09. The number of hydrogen-bond donors (Lipinski definition) is 1. The van der Waals surface area contributed by atoms with Gasteiger partial charge in [-0.15, -0.1) is 0 Å². The van der Waals surface area contributed by atoms with E-state index in [0.29, 0.717) is 27.8 Å². The predicted molar refractivity (Wildman–Crippen MR) is 90.1 cm³/mol. The van der Waals surface area contributed by atoms with Gasteiger partial charge in [0.1, 0.15) is 17.3 Å². The number of ether oxygens (including phenoxy) is 1. The molecule has 120 valence electrons. The second-order valence-electron chi connectivity index (χ2n) is 4.89. The molecule has 0 bridgehead atoms. The van der Waals surface area contributed by atoms with Crippen molar-refractivity contribution >= 4 is 23.2 Å². The third-order valence-electron chi connectivity index (χ3n) is 3.16. The van der Waals surface area contributed by atoms with E-state index in [4.69, 9.17) is 16.3 Å². The van der Waals surface area contributed by atoms with Crippen LogP contribution in [0.1, 0.15) is 10.4 Å². The Morgan fingerprint density at radius 1 is 1.08 bits per heavy atom. The van der Waals surface area contributed by atoms with Crippen LogP contribution in [0.25, 0.3) is 0 Å². The zero-order valence-corrected chi connectivity index (χ0v) is 13.1. The SMILES string of the molecule is O=C(Nc1ccc(Oc2cccc(F)c2)c(Cl)c1)c1ccncc1. The minimum absolute atomic E-state index is 0.271. The van der Waals surface area contributed by atoms with Crippen molar-refractivity contribution in [3.63, 3.8) is 0 Å². The summed E-state index contributed by atoms with van der Waals surface area (Å²) in [6, 6.07) is 13.8. The first kappa shape index (κ1) is 16.0. The number of carbonyl (C=O) groups is 1. The average molecular weight is 343 g/mol. The molecule has 3 aromatic rings. The molecule has 1 N–H and O–H groups in total. The molecule has 1 heterocycles. The lowest BCUT2D eigenvalue weighted by atomic mass is 10.2. The second-order valence-corrected chi connectivity index (χ2v) is 5.30. The summed E-state index contributed by atoms with van der Waals surface area (Å²) in [5, 5.41) is 3.03. The van der Waals surface area contributed by atoms with Gasteiger partial charge >= 0.3 is 0 Å². The van der Waals surface area contributed by atoms with Crippen LogP contribution in [-0.2, 0) is 0 Å². The molecule has 24 heavy (non-hydrogen) atoms. The molecule has 0 atom stereocenters. The fourth-order valence-corrected chi connectivity index (χ4v) is 2.24. The fraction of sp³-hybridized carbons (Fsp3) is 0. The maximum atomic E-state index is 13.2. The number of aromatic nitrogens is 1. The lowest BCUT2D eigenvalue weighted by molar-refractivity contribution is 0.102. The van der Waals surface area contributed by atoms with Crippen LogP contribution in [0.15, 0.2) is 67.0 Å². The quantitative estimate of drug-likeness (QED) is 0.732. The van der Waals surface area contributed by atoms with E-state index in [-0.39, 0.29) is 5.91 Å². The molecule has 0 unspecified atom stereocenters. The van der Waals surface area contributed by atoms with E-state index in [2.05, 4.69) is 10.3 Å². The molecular formula is C18H12ClFN2O2. The highest BCUT2D eigenvalue weighted by Crippen LogP contribution is 2.32. The zero-order valence-electron chi connectivity index (χ0n) is 12.4. The Labute approximate surface area is 142 Å². The molecule has 1 aromatic heterocycles. The number of halogens is 2. The first-order valence-corrected chi connectivity index (χ1v) is 7.44. The lowest BCUT2D eigenvalue weighted by Gasteiger charge is -2.10. The lowest BCUT2D eigenvalue weighted by Crippen LogP contribution is -2.11. The number of pyridine rings is 1.